The second-order valence-electron chi connectivity index (χ2n) is 17.5. The van der Waals surface area contributed by atoms with Gasteiger partial charge >= 0.3 is 6.09 Å². The lowest BCUT2D eigenvalue weighted by Gasteiger charge is -2.31. The highest BCUT2D eigenvalue weighted by atomic mass is 35.5. The Balaban J connectivity index is 1.13. The standard InChI is InChI=1S/C46H56ClN6O8PS/c1-28(2)48-44-50-39(27-63-44)38-23-41(34-20-19-32(59-3)21-37(34)49-38)60-33-22-40-42(54)52-46(62(57,58)26-29-13-9-12-17-35(29)47)24-30(46)14-7-5-4-6-8-18-36(43(55)53(40)25-33)51-45(56)61-31-15-10-11-16-31/h7,9,12-14,17,19-21,23,27-28,30-31,33,36,40H,4-6,8,10-11,15-16,18,22,24-26H2,1-3H3,(H,48,50)(H,51,56)(H,52,54)(H,57,58)/b14-7+/t30-,33-,36+,40+,46+/m1/s1. The number of nitrogens with zero attached hydrogens (tertiary/aromatic N) is 3. The van der Waals surface area contributed by atoms with E-state index in [1.165, 1.54) is 16.2 Å². The van der Waals surface area contributed by atoms with Crippen LogP contribution >= 0.6 is 30.3 Å². The number of pyridine rings is 1. The monoisotopic (exact) mass is 918 g/mol. The molecule has 2 aromatic heterocycles. The predicted octanol–water partition coefficient (Wildman–Crippen LogP) is 9.05. The van der Waals surface area contributed by atoms with E-state index in [9.17, 15) is 23.8 Å². The van der Waals surface area contributed by atoms with Gasteiger partial charge in [-0.25, -0.2) is 14.8 Å². The van der Waals surface area contributed by atoms with E-state index in [0.29, 0.717) is 57.2 Å². The van der Waals surface area contributed by atoms with Crippen LogP contribution in [0, 0.1) is 5.92 Å². The second-order valence-corrected chi connectivity index (χ2v) is 21.2. The molecule has 1 unspecified atom stereocenters. The van der Waals surface area contributed by atoms with Crippen molar-refractivity contribution in [3.63, 3.8) is 0 Å². The van der Waals surface area contributed by atoms with Crippen LogP contribution in [0.5, 0.6) is 11.5 Å². The maximum absolute atomic E-state index is 14.9. The number of halogens is 1. The lowest BCUT2D eigenvalue weighted by atomic mass is 10.0. The minimum atomic E-state index is -4.17. The molecule has 1 saturated heterocycles. The Hall–Kier alpha value is -4.69. The first-order valence-corrected chi connectivity index (χ1v) is 25.1. The van der Waals surface area contributed by atoms with Gasteiger partial charge in [0.15, 0.2) is 5.13 Å². The summed E-state index contributed by atoms with van der Waals surface area (Å²) in [5, 5.41) is 11.5. The quantitative estimate of drug-likeness (QED) is 0.0833. The van der Waals surface area contributed by atoms with Gasteiger partial charge in [-0.1, -0.05) is 54.8 Å². The highest BCUT2D eigenvalue weighted by Crippen LogP contribution is 2.71. The van der Waals surface area contributed by atoms with Crippen LogP contribution in [0.3, 0.4) is 0 Å². The number of methoxy groups -OCH3 is 1. The normalized spacial score (nSPS) is 25.8. The van der Waals surface area contributed by atoms with Gasteiger partial charge in [-0.3, -0.25) is 14.2 Å². The number of benzene rings is 2. The number of nitrogens with one attached hydrogen (secondary N) is 3. The van der Waals surface area contributed by atoms with Crippen LogP contribution < -0.4 is 25.4 Å². The van der Waals surface area contributed by atoms with E-state index >= 15 is 0 Å². The molecule has 0 spiro atoms. The van der Waals surface area contributed by atoms with E-state index in [1.807, 2.05) is 55.6 Å². The molecule has 6 atom stereocenters. The molecule has 2 aliphatic heterocycles. The predicted molar refractivity (Wildman–Crippen MR) is 245 cm³/mol. The minimum Gasteiger partial charge on any atom is -0.497 e. The highest BCUT2D eigenvalue weighted by molar-refractivity contribution is 7.59. The number of alkyl carbamates (subject to hydrolysis) is 1. The summed E-state index contributed by atoms with van der Waals surface area (Å²) in [6.07, 6.45) is 9.31. The van der Waals surface area contributed by atoms with E-state index in [2.05, 4.69) is 16.0 Å². The van der Waals surface area contributed by atoms with Crippen LogP contribution in [-0.4, -0.2) is 86.9 Å². The Morgan fingerprint density at radius 3 is 2.62 bits per heavy atom. The SMILES string of the molecule is COc1ccc2c(O[C@@H]3C[C@H]4C(=O)N[C@]5(P(=O)(O)Cc6ccccc6Cl)C[C@H]5/C=C/CCCCC[C@H](NC(=O)OC5CCCC5)C(=O)N4C3)cc(-c3csc(NC(C)C)n3)nc2c1. The third kappa shape index (κ3) is 10.2. The number of anilines is 1. The van der Waals surface area contributed by atoms with Crippen molar-refractivity contribution >= 4 is 64.2 Å². The zero-order valence-corrected chi connectivity index (χ0v) is 38.4. The molecule has 4 heterocycles. The zero-order chi connectivity index (χ0) is 44.3. The fourth-order valence-electron chi connectivity index (χ4n) is 9.06. The molecule has 2 aromatic carbocycles. The molecule has 8 rings (SSSR count). The summed E-state index contributed by atoms with van der Waals surface area (Å²) < 4.78 is 32.7. The highest BCUT2D eigenvalue weighted by Gasteiger charge is 2.66. The molecule has 4 aromatic rings. The van der Waals surface area contributed by atoms with Crippen molar-refractivity contribution in [2.45, 2.75) is 126 Å². The molecule has 0 radical (unpaired) electrons. The third-order valence-corrected chi connectivity index (χ3v) is 16.3. The maximum atomic E-state index is 14.9. The van der Waals surface area contributed by atoms with E-state index in [-0.39, 0.29) is 37.7 Å². The smallest absolute Gasteiger partial charge is 0.408 e. The van der Waals surface area contributed by atoms with Crippen LogP contribution in [0.1, 0.15) is 90.0 Å². The number of amides is 3. The van der Waals surface area contributed by atoms with Gasteiger partial charge in [-0.05, 0) is 89.0 Å². The van der Waals surface area contributed by atoms with Crippen molar-refractivity contribution in [2.75, 3.05) is 19.0 Å². The van der Waals surface area contributed by atoms with Crippen molar-refractivity contribution < 1.29 is 38.1 Å². The first-order valence-electron chi connectivity index (χ1n) is 22.0. The summed E-state index contributed by atoms with van der Waals surface area (Å²) >= 11 is 7.96. The van der Waals surface area contributed by atoms with E-state index in [1.54, 1.807) is 31.4 Å². The number of fused-ring (bicyclic) bond motifs is 3. The number of carbonyl (C=O) groups is 3. The minimum absolute atomic E-state index is 0.00791. The number of allylic oxidation sites excluding steroid dienone is 1. The van der Waals surface area contributed by atoms with Crippen LogP contribution in [0.2, 0.25) is 5.02 Å². The molecule has 63 heavy (non-hydrogen) atoms. The Morgan fingerprint density at radius 1 is 1.05 bits per heavy atom. The Labute approximate surface area is 377 Å². The van der Waals surface area contributed by atoms with Crippen molar-refractivity contribution in [1.29, 1.82) is 0 Å². The van der Waals surface area contributed by atoms with Gasteiger partial charge in [-0.15, -0.1) is 11.3 Å². The lowest BCUT2D eigenvalue weighted by Crippen LogP contribution is -2.55. The van der Waals surface area contributed by atoms with Crippen molar-refractivity contribution in [2.24, 2.45) is 5.92 Å². The number of rotatable bonds is 11. The first kappa shape index (κ1) is 44.9. The van der Waals surface area contributed by atoms with Gasteiger partial charge in [0.2, 0.25) is 19.2 Å². The van der Waals surface area contributed by atoms with Crippen LogP contribution in [-0.2, 0) is 25.1 Å². The molecule has 2 saturated carbocycles. The molecule has 3 fully saturated rings. The van der Waals surface area contributed by atoms with Gasteiger partial charge < -0.3 is 40.0 Å². The molecule has 4 N–H and O–H groups in total. The van der Waals surface area contributed by atoms with Gasteiger partial charge in [0.25, 0.3) is 0 Å². The largest absolute Gasteiger partial charge is 0.497 e. The van der Waals surface area contributed by atoms with Gasteiger partial charge in [-0.2, -0.15) is 0 Å². The number of carbonyl (C=O) groups excluding carboxylic acids is 3. The van der Waals surface area contributed by atoms with Crippen molar-refractivity contribution in [3.8, 4) is 22.9 Å². The summed E-state index contributed by atoms with van der Waals surface area (Å²) in [7, 11) is -2.59. The van der Waals surface area contributed by atoms with Crippen LogP contribution in [0.15, 0.2) is 66.1 Å². The molecular formula is C46H56ClN6O8PS. The zero-order valence-electron chi connectivity index (χ0n) is 35.9. The lowest BCUT2D eigenvalue weighted by molar-refractivity contribution is -0.140. The van der Waals surface area contributed by atoms with E-state index in [0.717, 1.165) is 50.1 Å². The van der Waals surface area contributed by atoms with Crippen molar-refractivity contribution in [3.05, 3.63) is 76.6 Å². The Kier molecular flexibility index (Phi) is 13.7. The average Bonchev–Trinajstić information content (AvgIpc) is 3.66. The summed E-state index contributed by atoms with van der Waals surface area (Å²) in [4.78, 5) is 66.2. The summed E-state index contributed by atoms with van der Waals surface area (Å²) in [5.41, 5.74) is 2.33. The number of ether oxygens (including phenoxy) is 3. The number of hydrogen-bond donors (Lipinski definition) is 4. The van der Waals surface area contributed by atoms with Crippen LogP contribution in [0.25, 0.3) is 22.3 Å². The Bertz CT molecular complexity index is 2410. The second kappa shape index (κ2) is 19.2. The molecule has 14 nitrogen and oxygen atoms in total. The van der Waals surface area contributed by atoms with Crippen molar-refractivity contribution in [1.82, 2.24) is 25.5 Å². The fourth-order valence-corrected chi connectivity index (χ4v) is 12.6. The third-order valence-electron chi connectivity index (χ3n) is 12.5. The fraction of sp³-hybridized carbons (Fsp3) is 0.500. The van der Waals surface area contributed by atoms with Gasteiger partial charge in [0.1, 0.15) is 46.8 Å². The van der Waals surface area contributed by atoms with Gasteiger partial charge in [0.05, 0.1) is 31.0 Å². The average molecular weight is 919 g/mol. The summed E-state index contributed by atoms with van der Waals surface area (Å²) in [5.74, 6) is -0.334. The van der Waals surface area contributed by atoms with E-state index in [4.69, 9.17) is 35.8 Å². The number of aromatic nitrogens is 2. The summed E-state index contributed by atoms with van der Waals surface area (Å²) in [6, 6.07) is 12.3. The molecule has 2 aliphatic carbocycles. The van der Waals surface area contributed by atoms with E-state index < -0.39 is 54.7 Å². The maximum Gasteiger partial charge on any atom is 0.408 e. The molecule has 336 valence electrons. The van der Waals surface area contributed by atoms with Crippen LogP contribution in [0.4, 0.5) is 9.93 Å². The molecule has 3 amide bonds. The summed E-state index contributed by atoms with van der Waals surface area (Å²) in [6.45, 7) is 4.09. The topological polar surface area (TPSA) is 181 Å². The number of hydrogen-bond acceptors (Lipinski definition) is 11. The van der Waals surface area contributed by atoms with Gasteiger partial charge in [0, 0.05) is 46.3 Å². The molecule has 4 aliphatic rings. The molecular weight excluding hydrogens is 863 g/mol. The molecule has 17 heteroatoms. The first-order chi connectivity index (χ1) is 30.3. The Morgan fingerprint density at radius 2 is 1.84 bits per heavy atom. The number of thiazole rings is 1. The molecule has 0 bridgehead atoms.